The molecule has 4 heterocycles. The van der Waals surface area contributed by atoms with E-state index in [2.05, 4.69) is 28.4 Å². The van der Waals surface area contributed by atoms with Gasteiger partial charge in [0.15, 0.2) is 0 Å². The number of para-hydroxylation sites is 1. The van der Waals surface area contributed by atoms with Crippen LogP contribution in [0.15, 0.2) is 102 Å². The molecule has 10 nitrogen and oxygen atoms in total. The Kier molecular flexibility index (Phi) is 10.2. The summed E-state index contributed by atoms with van der Waals surface area (Å²) in [6.45, 7) is 10.5. The number of hydrogen-bond acceptors (Lipinski definition) is 6. The SMILES string of the molecule is Cc1c(C)c(-c2cc3c(cc2C(=O)N2Cc4ccccc4C[C@H]2CN2CCOCC2)CN(S(=O)(=O)c2ccccc2)CC3)n(C(=O)Nc2ccccc2)c1C. The number of rotatable bonds is 7. The number of sulfonamides is 1. The largest absolute Gasteiger partial charge is 0.379 e. The van der Waals surface area contributed by atoms with Crippen molar-refractivity contribution < 1.29 is 22.7 Å². The van der Waals surface area contributed by atoms with E-state index in [4.69, 9.17) is 4.74 Å². The molecule has 0 bridgehead atoms. The molecule has 0 radical (unpaired) electrons. The molecule has 4 aromatic carbocycles. The van der Waals surface area contributed by atoms with Crippen molar-refractivity contribution in [1.29, 1.82) is 0 Å². The molecule has 3 aliphatic heterocycles. The summed E-state index contributed by atoms with van der Waals surface area (Å²) in [5.41, 5.74) is 9.23. The first kappa shape index (κ1) is 36.9. The number of fused-ring (bicyclic) bond motifs is 2. The summed E-state index contributed by atoms with van der Waals surface area (Å²) in [4.78, 5) is 34.3. The molecular formula is C44H47N5O5S. The van der Waals surface area contributed by atoms with E-state index >= 15 is 4.79 Å². The molecule has 1 N–H and O–H groups in total. The number of ether oxygens (including phenoxy) is 1. The summed E-state index contributed by atoms with van der Waals surface area (Å²) in [6, 6.07) is 29.7. The van der Waals surface area contributed by atoms with Crippen LogP contribution in [0.5, 0.6) is 0 Å². The molecule has 0 saturated carbocycles. The maximum absolute atomic E-state index is 15.5. The smallest absolute Gasteiger partial charge is 0.330 e. The van der Waals surface area contributed by atoms with Gasteiger partial charge in [-0.05, 0) is 103 Å². The predicted molar refractivity (Wildman–Crippen MR) is 214 cm³/mol. The van der Waals surface area contributed by atoms with E-state index in [0.29, 0.717) is 61.8 Å². The zero-order valence-corrected chi connectivity index (χ0v) is 32.4. The van der Waals surface area contributed by atoms with E-state index in [0.717, 1.165) is 53.0 Å². The maximum Gasteiger partial charge on any atom is 0.330 e. The monoisotopic (exact) mass is 757 g/mol. The zero-order chi connectivity index (χ0) is 38.3. The Bertz CT molecular complexity index is 2350. The molecule has 1 fully saturated rings. The third-order valence-corrected chi connectivity index (χ3v) is 13.5. The van der Waals surface area contributed by atoms with Crippen LogP contribution in [0.4, 0.5) is 10.5 Å². The normalized spacial score (nSPS) is 17.7. The molecule has 3 aliphatic rings. The third-order valence-electron chi connectivity index (χ3n) is 11.6. The highest BCUT2D eigenvalue weighted by Gasteiger charge is 2.36. The number of nitrogens with zero attached hydrogens (tertiary/aromatic N) is 4. The summed E-state index contributed by atoms with van der Waals surface area (Å²) >= 11 is 0. The third kappa shape index (κ3) is 7.13. The van der Waals surface area contributed by atoms with Crippen LogP contribution in [0.3, 0.4) is 0 Å². The van der Waals surface area contributed by atoms with Crippen molar-refractivity contribution in [3.63, 3.8) is 0 Å². The number of aromatic nitrogens is 1. The van der Waals surface area contributed by atoms with Crippen molar-refractivity contribution in [2.75, 3.05) is 44.7 Å². The first-order chi connectivity index (χ1) is 26.6. The van der Waals surface area contributed by atoms with Gasteiger partial charge in [0, 0.05) is 67.8 Å². The van der Waals surface area contributed by atoms with Crippen LogP contribution in [0.1, 0.15) is 49.4 Å². The summed E-state index contributed by atoms with van der Waals surface area (Å²) < 4.78 is 36.5. The van der Waals surface area contributed by atoms with Gasteiger partial charge < -0.3 is 15.0 Å². The minimum absolute atomic E-state index is 0.0999. The molecule has 1 atom stereocenters. The van der Waals surface area contributed by atoms with E-state index < -0.39 is 10.0 Å². The molecule has 11 heteroatoms. The highest BCUT2D eigenvalue weighted by Crippen LogP contribution is 2.38. The van der Waals surface area contributed by atoms with Gasteiger partial charge in [-0.1, -0.05) is 60.7 Å². The molecule has 55 heavy (non-hydrogen) atoms. The highest BCUT2D eigenvalue weighted by molar-refractivity contribution is 7.89. The molecule has 0 spiro atoms. The number of morpholine rings is 1. The van der Waals surface area contributed by atoms with E-state index in [9.17, 15) is 13.2 Å². The van der Waals surface area contributed by atoms with E-state index in [1.165, 1.54) is 9.87 Å². The Morgan fingerprint density at radius 1 is 0.764 bits per heavy atom. The van der Waals surface area contributed by atoms with Gasteiger partial charge in [-0.25, -0.2) is 13.2 Å². The van der Waals surface area contributed by atoms with Crippen molar-refractivity contribution in [3.8, 4) is 11.3 Å². The number of nitrogens with one attached hydrogen (secondary N) is 1. The Morgan fingerprint density at radius 3 is 2.16 bits per heavy atom. The number of hydrogen-bond donors (Lipinski definition) is 1. The zero-order valence-electron chi connectivity index (χ0n) is 31.6. The van der Waals surface area contributed by atoms with Crippen LogP contribution < -0.4 is 5.32 Å². The van der Waals surface area contributed by atoms with Crippen LogP contribution in [0.2, 0.25) is 0 Å². The van der Waals surface area contributed by atoms with Crippen molar-refractivity contribution in [2.24, 2.45) is 0 Å². The predicted octanol–water partition coefficient (Wildman–Crippen LogP) is 6.81. The number of benzene rings is 4. The number of carbonyl (C=O) groups is 2. The molecule has 284 valence electrons. The van der Waals surface area contributed by atoms with Crippen molar-refractivity contribution >= 4 is 27.6 Å². The average Bonchev–Trinajstić information content (AvgIpc) is 3.44. The standard InChI is InChI=1S/C44H47N5O5S/c1-30-31(2)42(49(32(30)3)44(51)45-37-14-6-4-7-15-37)40-25-34-18-19-47(55(52,53)39-16-8-5-9-17-39)27-36(34)26-41(40)43(50)48-28-35-13-11-10-12-33(35)24-38(48)29-46-20-22-54-23-21-46/h4-17,25-26,38H,18-24,27-29H2,1-3H3,(H,45,51)/t38-/m0/s1. The van der Waals surface area contributed by atoms with Crippen molar-refractivity contribution in [3.05, 3.63) is 142 Å². The molecule has 8 rings (SSSR count). The lowest BCUT2D eigenvalue weighted by Gasteiger charge is -2.41. The highest BCUT2D eigenvalue weighted by atomic mass is 32.2. The quantitative estimate of drug-likeness (QED) is 0.196. The van der Waals surface area contributed by atoms with E-state index in [1.54, 1.807) is 34.9 Å². The minimum atomic E-state index is -3.77. The second kappa shape index (κ2) is 15.2. The van der Waals surface area contributed by atoms with Crippen LogP contribution in [0.25, 0.3) is 11.3 Å². The maximum atomic E-state index is 15.5. The second-order valence-electron chi connectivity index (χ2n) is 14.9. The molecule has 1 aromatic heterocycles. The average molecular weight is 758 g/mol. The topological polar surface area (TPSA) is 104 Å². The summed E-state index contributed by atoms with van der Waals surface area (Å²) in [6.07, 6.45) is 1.18. The Labute approximate surface area is 323 Å². The van der Waals surface area contributed by atoms with Gasteiger partial charge in [-0.2, -0.15) is 4.31 Å². The van der Waals surface area contributed by atoms with Crippen LogP contribution in [-0.2, 0) is 40.7 Å². The molecule has 0 unspecified atom stereocenters. The van der Waals surface area contributed by atoms with Gasteiger partial charge >= 0.3 is 6.03 Å². The van der Waals surface area contributed by atoms with Crippen LogP contribution in [0, 0.1) is 20.8 Å². The molecule has 5 aromatic rings. The van der Waals surface area contributed by atoms with Crippen LogP contribution >= 0.6 is 0 Å². The first-order valence-corrected chi connectivity index (χ1v) is 20.5. The van der Waals surface area contributed by atoms with E-state index in [-0.39, 0.29) is 29.4 Å². The summed E-state index contributed by atoms with van der Waals surface area (Å²) in [7, 11) is -3.77. The van der Waals surface area contributed by atoms with Gasteiger partial charge in [0.25, 0.3) is 5.91 Å². The Morgan fingerprint density at radius 2 is 1.44 bits per heavy atom. The summed E-state index contributed by atoms with van der Waals surface area (Å²) in [5.74, 6) is -0.139. The first-order valence-electron chi connectivity index (χ1n) is 19.0. The number of amides is 2. The molecular weight excluding hydrogens is 711 g/mol. The minimum Gasteiger partial charge on any atom is -0.379 e. The van der Waals surface area contributed by atoms with Crippen molar-refractivity contribution in [1.82, 2.24) is 18.7 Å². The van der Waals surface area contributed by atoms with Gasteiger partial charge in [0.2, 0.25) is 10.0 Å². The van der Waals surface area contributed by atoms with Gasteiger partial charge in [0.1, 0.15) is 0 Å². The molecule has 1 saturated heterocycles. The molecule has 0 aliphatic carbocycles. The van der Waals surface area contributed by atoms with Gasteiger partial charge in [0.05, 0.1) is 23.8 Å². The van der Waals surface area contributed by atoms with Crippen LogP contribution in [-0.4, -0.2) is 84.5 Å². The number of carbonyl (C=O) groups excluding carboxylic acids is 2. The number of anilines is 1. The fourth-order valence-electron chi connectivity index (χ4n) is 8.36. The van der Waals surface area contributed by atoms with Gasteiger partial charge in [-0.3, -0.25) is 14.3 Å². The lowest BCUT2D eigenvalue weighted by atomic mass is 9.89. The van der Waals surface area contributed by atoms with Crippen molar-refractivity contribution in [2.45, 2.75) is 57.6 Å². The lowest BCUT2D eigenvalue weighted by molar-refractivity contribution is 0.0193. The fourth-order valence-corrected chi connectivity index (χ4v) is 9.80. The Hall–Kier alpha value is -5.07. The van der Waals surface area contributed by atoms with Gasteiger partial charge in [-0.15, -0.1) is 0 Å². The second-order valence-corrected chi connectivity index (χ2v) is 16.8. The molecule has 2 amide bonds. The summed E-state index contributed by atoms with van der Waals surface area (Å²) in [5, 5.41) is 3.07. The fraction of sp³-hybridized carbons (Fsp3) is 0.318. The van der Waals surface area contributed by atoms with E-state index in [1.807, 2.05) is 74.2 Å². The Balaban J connectivity index is 1.26. The lowest BCUT2D eigenvalue weighted by Crippen LogP contribution is -2.52.